The van der Waals surface area contributed by atoms with Gasteiger partial charge in [0.1, 0.15) is 11.6 Å². The number of aliphatic hydroxyl groups is 1. The van der Waals surface area contributed by atoms with Gasteiger partial charge in [-0.15, -0.1) is 0 Å². The minimum Gasteiger partial charge on any atom is -0.507 e. The molecule has 0 bridgehead atoms. The lowest BCUT2D eigenvalue weighted by Crippen LogP contribution is -2.29. The first-order valence-corrected chi connectivity index (χ1v) is 10.7. The Balaban J connectivity index is 1.85. The maximum absolute atomic E-state index is 13.4. The molecule has 1 saturated heterocycles. The highest BCUT2D eigenvalue weighted by Gasteiger charge is 2.46. The van der Waals surface area contributed by atoms with Crippen molar-refractivity contribution in [1.29, 1.82) is 0 Å². The van der Waals surface area contributed by atoms with E-state index in [-0.39, 0.29) is 28.9 Å². The normalized spacial score (nSPS) is 18.1. The zero-order valence-electron chi connectivity index (χ0n) is 18.7. The Kier molecular flexibility index (Phi) is 5.85. The van der Waals surface area contributed by atoms with Gasteiger partial charge in [-0.25, -0.2) is 4.39 Å². The predicted octanol–water partition coefficient (Wildman–Crippen LogP) is 5.14. The summed E-state index contributed by atoms with van der Waals surface area (Å²) >= 11 is 0. The molecule has 168 valence electrons. The number of benzene rings is 2. The Labute approximate surface area is 192 Å². The number of halogens is 1. The number of rotatable bonds is 4. The minimum atomic E-state index is -0.788. The number of amides is 1. The maximum atomic E-state index is 13.4. The van der Waals surface area contributed by atoms with E-state index in [1.807, 2.05) is 30.3 Å². The number of carbonyl (C=O) groups is 2. The van der Waals surface area contributed by atoms with Crippen molar-refractivity contribution in [2.75, 3.05) is 0 Å². The fourth-order valence-electron chi connectivity index (χ4n) is 4.01. The molecule has 1 amide bonds. The number of hydrogen-bond donors (Lipinski definition) is 1. The van der Waals surface area contributed by atoms with Crippen molar-refractivity contribution in [2.45, 2.75) is 38.8 Å². The van der Waals surface area contributed by atoms with Gasteiger partial charge in [-0.05, 0) is 52.4 Å². The van der Waals surface area contributed by atoms with Crippen LogP contribution in [0.2, 0.25) is 0 Å². The van der Waals surface area contributed by atoms with E-state index in [0.717, 1.165) is 11.1 Å². The largest absolute Gasteiger partial charge is 0.507 e. The fourth-order valence-corrected chi connectivity index (χ4v) is 4.01. The first kappa shape index (κ1) is 22.4. The molecule has 4 rings (SSSR count). The molecule has 1 N–H and O–H groups in total. The molecule has 0 saturated carbocycles. The van der Waals surface area contributed by atoms with E-state index in [1.54, 1.807) is 18.5 Å². The molecule has 2 aromatic carbocycles. The smallest absolute Gasteiger partial charge is 0.295 e. The second-order valence-corrected chi connectivity index (χ2v) is 9.17. The van der Waals surface area contributed by atoms with Gasteiger partial charge >= 0.3 is 0 Å². The van der Waals surface area contributed by atoms with Crippen LogP contribution >= 0.6 is 0 Å². The van der Waals surface area contributed by atoms with E-state index in [1.165, 1.54) is 29.2 Å². The Morgan fingerprint density at radius 1 is 1.03 bits per heavy atom. The van der Waals surface area contributed by atoms with Crippen molar-refractivity contribution in [3.63, 3.8) is 0 Å². The second-order valence-electron chi connectivity index (χ2n) is 9.17. The number of nitrogens with zero attached hydrogens (tertiary/aromatic N) is 2. The summed E-state index contributed by atoms with van der Waals surface area (Å²) in [6.45, 7) is 6.46. The summed E-state index contributed by atoms with van der Waals surface area (Å²) in [5.74, 6) is -2.26. The molecule has 1 unspecified atom stereocenters. The zero-order chi connectivity index (χ0) is 23.8. The molecule has 3 aromatic rings. The van der Waals surface area contributed by atoms with Gasteiger partial charge in [0.05, 0.1) is 11.6 Å². The fraction of sp³-hybridized carbons (Fsp3) is 0.222. The van der Waals surface area contributed by atoms with Crippen LogP contribution in [0.3, 0.4) is 0 Å². The number of carbonyl (C=O) groups excluding carboxylic acids is 2. The van der Waals surface area contributed by atoms with Crippen LogP contribution in [0.25, 0.3) is 5.76 Å². The van der Waals surface area contributed by atoms with Crippen molar-refractivity contribution >= 4 is 17.4 Å². The van der Waals surface area contributed by atoms with Crippen molar-refractivity contribution in [3.8, 4) is 0 Å². The van der Waals surface area contributed by atoms with E-state index in [4.69, 9.17) is 0 Å². The standard InChI is InChI=1S/C27H25FN2O3/c1-27(2,3)20-10-6-18(7-11-20)23-22(24(31)19-8-12-21(28)13-9-19)25(32)26(33)30(23)16-17-5-4-14-29-15-17/h4-15,23,31H,16H2,1-3H3/b24-22-. The summed E-state index contributed by atoms with van der Waals surface area (Å²) in [5, 5.41) is 11.0. The zero-order valence-corrected chi connectivity index (χ0v) is 18.7. The summed E-state index contributed by atoms with van der Waals surface area (Å²) in [6, 6.07) is 15.7. The van der Waals surface area contributed by atoms with Crippen LogP contribution in [0.15, 0.2) is 78.6 Å². The van der Waals surface area contributed by atoms with Crippen LogP contribution in [-0.4, -0.2) is 26.7 Å². The van der Waals surface area contributed by atoms with Gasteiger partial charge in [-0.1, -0.05) is 51.1 Å². The van der Waals surface area contributed by atoms with Crippen molar-refractivity contribution in [1.82, 2.24) is 9.88 Å². The third kappa shape index (κ3) is 4.42. The lowest BCUT2D eigenvalue weighted by molar-refractivity contribution is -0.140. The number of Topliss-reactive ketones (excluding diaryl/α,β-unsaturated/α-hetero) is 1. The molecular formula is C27H25FN2O3. The van der Waals surface area contributed by atoms with Gasteiger partial charge in [0, 0.05) is 24.5 Å². The molecule has 2 heterocycles. The number of likely N-dealkylation sites (tertiary alicyclic amines) is 1. The van der Waals surface area contributed by atoms with Crippen LogP contribution in [0, 0.1) is 5.82 Å². The third-order valence-electron chi connectivity index (χ3n) is 5.83. The van der Waals surface area contributed by atoms with Crippen LogP contribution in [-0.2, 0) is 21.5 Å². The number of hydrogen-bond acceptors (Lipinski definition) is 4. The van der Waals surface area contributed by atoms with Crippen LogP contribution in [0.4, 0.5) is 4.39 Å². The highest BCUT2D eigenvalue weighted by molar-refractivity contribution is 6.46. The minimum absolute atomic E-state index is 0.0148. The molecule has 1 aromatic heterocycles. The second kappa shape index (κ2) is 8.62. The maximum Gasteiger partial charge on any atom is 0.295 e. The van der Waals surface area contributed by atoms with E-state index < -0.39 is 23.5 Å². The Bertz CT molecular complexity index is 1210. The van der Waals surface area contributed by atoms with Gasteiger partial charge < -0.3 is 10.0 Å². The molecule has 5 nitrogen and oxygen atoms in total. The monoisotopic (exact) mass is 444 g/mol. The van der Waals surface area contributed by atoms with E-state index in [2.05, 4.69) is 25.8 Å². The third-order valence-corrected chi connectivity index (χ3v) is 5.83. The van der Waals surface area contributed by atoms with Gasteiger partial charge in [-0.3, -0.25) is 14.6 Å². The van der Waals surface area contributed by atoms with E-state index in [9.17, 15) is 19.1 Å². The van der Waals surface area contributed by atoms with Gasteiger partial charge in [0.15, 0.2) is 0 Å². The lowest BCUT2D eigenvalue weighted by Gasteiger charge is -2.26. The summed E-state index contributed by atoms with van der Waals surface area (Å²) < 4.78 is 13.4. The van der Waals surface area contributed by atoms with Gasteiger partial charge in [-0.2, -0.15) is 0 Å². The summed E-state index contributed by atoms with van der Waals surface area (Å²) in [4.78, 5) is 31.7. The Hall–Kier alpha value is -3.80. The molecule has 1 aliphatic rings. The predicted molar refractivity (Wildman–Crippen MR) is 124 cm³/mol. The number of aromatic nitrogens is 1. The number of ketones is 1. The molecule has 33 heavy (non-hydrogen) atoms. The molecule has 1 atom stereocenters. The Morgan fingerprint density at radius 2 is 1.70 bits per heavy atom. The summed E-state index contributed by atoms with van der Waals surface area (Å²) in [7, 11) is 0. The number of pyridine rings is 1. The molecular weight excluding hydrogens is 419 g/mol. The SMILES string of the molecule is CC(C)(C)c1ccc(C2/C(=C(/O)c3ccc(F)cc3)C(=O)C(=O)N2Cc2cccnc2)cc1. The lowest BCUT2D eigenvalue weighted by atomic mass is 9.85. The van der Waals surface area contributed by atoms with Crippen molar-refractivity contribution < 1.29 is 19.1 Å². The van der Waals surface area contributed by atoms with Crippen molar-refractivity contribution in [3.05, 3.63) is 107 Å². The summed E-state index contributed by atoms with van der Waals surface area (Å²) in [5.41, 5.74) is 2.76. The van der Waals surface area contributed by atoms with Gasteiger partial charge in [0.2, 0.25) is 0 Å². The quantitative estimate of drug-likeness (QED) is 0.344. The molecule has 1 fully saturated rings. The highest BCUT2D eigenvalue weighted by Crippen LogP contribution is 2.40. The van der Waals surface area contributed by atoms with Crippen LogP contribution in [0.5, 0.6) is 0 Å². The average molecular weight is 445 g/mol. The average Bonchev–Trinajstić information content (AvgIpc) is 3.04. The molecule has 0 radical (unpaired) electrons. The summed E-state index contributed by atoms with van der Waals surface area (Å²) in [6.07, 6.45) is 3.27. The first-order valence-electron chi connectivity index (χ1n) is 10.7. The molecule has 0 spiro atoms. The highest BCUT2D eigenvalue weighted by atomic mass is 19.1. The molecule has 0 aliphatic carbocycles. The molecule has 1 aliphatic heterocycles. The molecule has 6 heteroatoms. The van der Waals surface area contributed by atoms with E-state index >= 15 is 0 Å². The van der Waals surface area contributed by atoms with E-state index in [0.29, 0.717) is 5.56 Å². The first-order chi connectivity index (χ1) is 15.7. The van der Waals surface area contributed by atoms with Crippen molar-refractivity contribution in [2.24, 2.45) is 0 Å². The topological polar surface area (TPSA) is 70.5 Å². The van der Waals surface area contributed by atoms with Gasteiger partial charge in [0.25, 0.3) is 11.7 Å². The van der Waals surface area contributed by atoms with Crippen LogP contribution < -0.4 is 0 Å². The van der Waals surface area contributed by atoms with Crippen LogP contribution in [0.1, 0.15) is 49.1 Å². The number of aliphatic hydroxyl groups excluding tert-OH is 1. The Morgan fingerprint density at radius 3 is 2.27 bits per heavy atom.